The van der Waals surface area contributed by atoms with Crippen molar-refractivity contribution in [2.75, 3.05) is 5.43 Å². The Morgan fingerprint density at radius 3 is 2.64 bits per heavy atom. The van der Waals surface area contributed by atoms with Crippen LogP contribution in [0.15, 0.2) is 18.3 Å². The Hall–Kier alpha value is -1.62. The Kier molecular flexibility index (Phi) is 2.03. The van der Waals surface area contributed by atoms with Crippen LogP contribution in [0.25, 0.3) is 0 Å². The molecule has 1 rings (SSSR count). The van der Waals surface area contributed by atoms with Crippen molar-refractivity contribution in [2.45, 2.75) is 0 Å². The van der Waals surface area contributed by atoms with Crippen molar-refractivity contribution < 1.29 is 9.90 Å². The minimum absolute atomic E-state index is 0.0315. The van der Waals surface area contributed by atoms with Gasteiger partial charge < -0.3 is 5.43 Å². The maximum Gasteiger partial charge on any atom is 0.387 e. The minimum atomic E-state index is -1.25. The van der Waals surface area contributed by atoms with E-state index in [0.717, 1.165) is 0 Å². The topological polar surface area (TPSA) is 87.9 Å². The molecule has 0 bridgehead atoms. The molecule has 0 aliphatic heterocycles. The molecule has 0 saturated heterocycles. The molecule has 5 heteroatoms. The molecule has 0 spiro atoms. The Bertz CT molecular complexity index is 257. The summed E-state index contributed by atoms with van der Waals surface area (Å²) in [6.07, 6.45) is 1.17. The molecular formula is C6H6N3O2. The SMILES string of the molecule is NNc1ccc(C([O])=O)cn1. The molecule has 0 saturated carbocycles. The highest BCUT2D eigenvalue weighted by Crippen LogP contribution is 2.02. The van der Waals surface area contributed by atoms with Gasteiger partial charge in [-0.1, -0.05) is 0 Å². The van der Waals surface area contributed by atoms with Crippen molar-refractivity contribution in [2.24, 2.45) is 5.84 Å². The van der Waals surface area contributed by atoms with Gasteiger partial charge in [0.2, 0.25) is 0 Å². The summed E-state index contributed by atoms with van der Waals surface area (Å²) < 4.78 is 0. The van der Waals surface area contributed by atoms with E-state index >= 15 is 0 Å². The molecule has 0 fully saturated rings. The third-order valence-electron chi connectivity index (χ3n) is 1.15. The van der Waals surface area contributed by atoms with Gasteiger partial charge in [0.1, 0.15) is 5.82 Å². The minimum Gasteiger partial charge on any atom is -0.308 e. The number of carbonyl (C=O) groups is 1. The fourth-order valence-electron chi connectivity index (χ4n) is 0.600. The van der Waals surface area contributed by atoms with E-state index in [2.05, 4.69) is 10.4 Å². The monoisotopic (exact) mass is 152 g/mol. The summed E-state index contributed by atoms with van der Waals surface area (Å²) in [5, 5.41) is 10.2. The maximum atomic E-state index is 10.2. The Balaban J connectivity index is 2.91. The molecule has 11 heavy (non-hydrogen) atoms. The summed E-state index contributed by atoms with van der Waals surface area (Å²) in [6.45, 7) is 0. The van der Waals surface area contributed by atoms with E-state index in [4.69, 9.17) is 5.84 Å². The third kappa shape index (κ3) is 1.65. The lowest BCUT2D eigenvalue weighted by molar-refractivity contribution is 0.0573. The zero-order valence-corrected chi connectivity index (χ0v) is 5.57. The van der Waals surface area contributed by atoms with Gasteiger partial charge >= 0.3 is 5.97 Å². The highest BCUT2D eigenvalue weighted by molar-refractivity contribution is 5.86. The molecule has 0 atom stereocenters. The molecule has 1 aromatic heterocycles. The van der Waals surface area contributed by atoms with Crippen molar-refractivity contribution in [1.29, 1.82) is 0 Å². The van der Waals surface area contributed by atoms with E-state index in [9.17, 15) is 9.90 Å². The lowest BCUT2D eigenvalue weighted by Gasteiger charge is -1.96. The Labute approximate surface area is 62.8 Å². The van der Waals surface area contributed by atoms with Gasteiger partial charge in [0, 0.05) is 6.20 Å². The first-order valence-electron chi connectivity index (χ1n) is 2.88. The van der Waals surface area contributed by atoms with Crippen LogP contribution in [0.5, 0.6) is 0 Å². The van der Waals surface area contributed by atoms with Crippen molar-refractivity contribution in [3.05, 3.63) is 23.9 Å². The van der Waals surface area contributed by atoms with Crippen molar-refractivity contribution in [3.8, 4) is 0 Å². The molecule has 0 unspecified atom stereocenters. The number of pyridine rings is 1. The summed E-state index contributed by atoms with van der Waals surface area (Å²) in [4.78, 5) is 13.9. The van der Waals surface area contributed by atoms with E-state index in [-0.39, 0.29) is 5.56 Å². The van der Waals surface area contributed by atoms with Gasteiger partial charge in [-0.2, -0.15) is 0 Å². The average molecular weight is 152 g/mol. The molecule has 5 nitrogen and oxygen atoms in total. The largest absolute Gasteiger partial charge is 0.387 e. The standard InChI is InChI=1S/C6H6N3O2/c7-9-5-2-1-4(3-8-5)6(10)11/h1-3H,7H2,(H,8,9). The maximum absolute atomic E-state index is 10.2. The van der Waals surface area contributed by atoms with Crippen LogP contribution in [-0.4, -0.2) is 11.0 Å². The normalized spacial score (nSPS) is 9.18. The van der Waals surface area contributed by atoms with Crippen LogP contribution < -0.4 is 11.3 Å². The summed E-state index contributed by atoms with van der Waals surface area (Å²) in [5.41, 5.74) is 2.30. The van der Waals surface area contributed by atoms with Crippen LogP contribution in [-0.2, 0) is 5.11 Å². The Morgan fingerprint density at radius 2 is 2.27 bits per heavy atom. The Morgan fingerprint density at radius 1 is 1.55 bits per heavy atom. The van der Waals surface area contributed by atoms with Crippen LogP contribution >= 0.6 is 0 Å². The lowest BCUT2D eigenvalue weighted by atomic mass is 10.3. The number of hydrogen-bond acceptors (Lipinski definition) is 4. The van der Waals surface area contributed by atoms with Crippen LogP contribution in [0.4, 0.5) is 5.82 Å². The first kappa shape index (κ1) is 7.49. The van der Waals surface area contributed by atoms with E-state index in [1.807, 2.05) is 0 Å². The summed E-state index contributed by atoms with van der Waals surface area (Å²) in [7, 11) is 0. The molecule has 3 N–H and O–H groups in total. The average Bonchev–Trinajstić information content (AvgIpc) is 2.05. The predicted octanol–water partition coefficient (Wildman–Crippen LogP) is -0.0621. The molecule has 0 aliphatic carbocycles. The smallest absolute Gasteiger partial charge is 0.308 e. The molecule has 1 heterocycles. The molecule has 1 radical (unpaired) electrons. The van der Waals surface area contributed by atoms with Crippen molar-refractivity contribution in [1.82, 2.24) is 4.98 Å². The zero-order valence-electron chi connectivity index (χ0n) is 5.57. The fraction of sp³-hybridized carbons (Fsp3) is 0. The number of nitrogen functional groups attached to an aromatic ring is 1. The zero-order chi connectivity index (χ0) is 8.27. The second kappa shape index (κ2) is 2.98. The van der Waals surface area contributed by atoms with Gasteiger partial charge in [0.25, 0.3) is 0 Å². The van der Waals surface area contributed by atoms with Crippen LogP contribution in [0, 0.1) is 0 Å². The second-order valence-corrected chi connectivity index (χ2v) is 1.86. The first-order chi connectivity index (χ1) is 5.24. The quantitative estimate of drug-likeness (QED) is 0.459. The number of anilines is 1. The highest BCUT2D eigenvalue weighted by atomic mass is 16.4. The van der Waals surface area contributed by atoms with Gasteiger partial charge in [0.05, 0.1) is 5.56 Å². The van der Waals surface area contributed by atoms with Crippen LogP contribution in [0.2, 0.25) is 0 Å². The summed E-state index contributed by atoms with van der Waals surface area (Å²) in [5.74, 6) is 4.16. The van der Waals surface area contributed by atoms with E-state index in [1.54, 1.807) is 0 Å². The number of nitrogens with zero attached hydrogens (tertiary/aromatic N) is 1. The van der Waals surface area contributed by atoms with Gasteiger partial charge in [0.15, 0.2) is 0 Å². The van der Waals surface area contributed by atoms with Gasteiger partial charge in [-0.3, -0.25) is 0 Å². The number of hydrazine groups is 1. The predicted molar refractivity (Wildman–Crippen MR) is 37.1 cm³/mol. The lowest BCUT2D eigenvalue weighted by Crippen LogP contribution is -2.08. The van der Waals surface area contributed by atoms with Gasteiger partial charge in [-0.15, -0.1) is 0 Å². The molecule has 0 aliphatic rings. The molecule has 0 aromatic carbocycles. The number of aromatic nitrogens is 1. The fourth-order valence-corrected chi connectivity index (χ4v) is 0.600. The van der Waals surface area contributed by atoms with E-state index in [1.165, 1.54) is 18.3 Å². The van der Waals surface area contributed by atoms with Gasteiger partial charge in [-0.05, 0) is 12.1 Å². The number of nitrogens with two attached hydrogens (primary N) is 1. The van der Waals surface area contributed by atoms with E-state index in [0.29, 0.717) is 5.82 Å². The van der Waals surface area contributed by atoms with Crippen molar-refractivity contribution in [3.63, 3.8) is 0 Å². The number of carbonyl (C=O) groups excluding carboxylic acids is 1. The first-order valence-corrected chi connectivity index (χ1v) is 2.88. The molecular weight excluding hydrogens is 146 g/mol. The number of nitrogens with one attached hydrogen (secondary N) is 1. The molecule has 1 aromatic rings. The summed E-state index contributed by atoms with van der Waals surface area (Å²) >= 11 is 0. The third-order valence-corrected chi connectivity index (χ3v) is 1.15. The summed E-state index contributed by atoms with van der Waals surface area (Å²) in [6, 6.07) is 2.81. The van der Waals surface area contributed by atoms with Crippen LogP contribution in [0.3, 0.4) is 0 Å². The highest BCUT2D eigenvalue weighted by Gasteiger charge is 2.03. The molecule has 0 amide bonds. The number of hydrogen-bond donors (Lipinski definition) is 2. The van der Waals surface area contributed by atoms with Crippen LogP contribution in [0.1, 0.15) is 10.4 Å². The van der Waals surface area contributed by atoms with Gasteiger partial charge in [-0.25, -0.2) is 20.7 Å². The van der Waals surface area contributed by atoms with Crippen molar-refractivity contribution >= 4 is 11.8 Å². The van der Waals surface area contributed by atoms with E-state index < -0.39 is 5.97 Å². The second-order valence-electron chi connectivity index (χ2n) is 1.86. The number of rotatable bonds is 2. The molecule has 57 valence electrons.